The summed E-state index contributed by atoms with van der Waals surface area (Å²) in [5, 5.41) is 3.04. The number of carbonyl (C=O) groups is 1. The molecule has 0 spiro atoms. The summed E-state index contributed by atoms with van der Waals surface area (Å²) in [6, 6.07) is 7.83. The van der Waals surface area contributed by atoms with Crippen molar-refractivity contribution < 1.29 is 4.79 Å². The SMILES string of the molecule is C=C(C(=O)CCC)C(=S)Nc1ccc(N(C)C)cc1. The van der Waals surface area contributed by atoms with Gasteiger partial charge >= 0.3 is 0 Å². The first-order valence-electron chi connectivity index (χ1n) is 6.26. The number of Topliss-reactive ketones (excluding diaryl/α,β-unsaturated/α-hetero) is 1. The van der Waals surface area contributed by atoms with Crippen LogP contribution in [0.3, 0.4) is 0 Å². The predicted molar refractivity (Wildman–Crippen MR) is 86.0 cm³/mol. The highest BCUT2D eigenvalue weighted by Gasteiger charge is 2.11. The zero-order valence-corrected chi connectivity index (χ0v) is 12.5. The molecule has 102 valence electrons. The van der Waals surface area contributed by atoms with E-state index in [-0.39, 0.29) is 5.78 Å². The summed E-state index contributed by atoms with van der Waals surface area (Å²) < 4.78 is 0. The molecule has 1 aromatic rings. The van der Waals surface area contributed by atoms with Gasteiger partial charge in [-0.15, -0.1) is 0 Å². The summed E-state index contributed by atoms with van der Waals surface area (Å²) in [5.41, 5.74) is 2.35. The molecule has 1 rings (SSSR count). The third-order valence-electron chi connectivity index (χ3n) is 2.73. The van der Waals surface area contributed by atoms with E-state index in [1.165, 1.54) is 0 Å². The maximum Gasteiger partial charge on any atom is 0.165 e. The second kappa shape index (κ2) is 7.04. The smallest absolute Gasteiger partial charge is 0.165 e. The highest BCUT2D eigenvalue weighted by Crippen LogP contribution is 2.16. The number of thiocarbonyl (C=S) groups is 1. The molecule has 4 heteroatoms. The van der Waals surface area contributed by atoms with Crippen LogP contribution in [0.5, 0.6) is 0 Å². The molecule has 3 nitrogen and oxygen atoms in total. The van der Waals surface area contributed by atoms with Crippen LogP contribution in [0.15, 0.2) is 36.4 Å². The van der Waals surface area contributed by atoms with E-state index in [9.17, 15) is 4.79 Å². The van der Waals surface area contributed by atoms with Crippen LogP contribution in [0, 0.1) is 0 Å². The van der Waals surface area contributed by atoms with Gasteiger partial charge in [-0.05, 0) is 30.7 Å². The van der Waals surface area contributed by atoms with E-state index in [0.717, 1.165) is 17.8 Å². The zero-order chi connectivity index (χ0) is 14.4. The van der Waals surface area contributed by atoms with Gasteiger partial charge in [0.1, 0.15) is 4.99 Å². The predicted octanol–water partition coefficient (Wildman–Crippen LogP) is 3.42. The van der Waals surface area contributed by atoms with Gasteiger partial charge in [-0.1, -0.05) is 25.7 Å². The quantitative estimate of drug-likeness (QED) is 0.637. The number of carbonyl (C=O) groups excluding carboxylic acids is 1. The fourth-order valence-electron chi connectivity index (χ4n) is 1.55. The summed E-state index contributed by atoms with van der Waals surface area (Å²) in [6.07, 6.45) is 1.29. The number of hydrogen-bond donors (Lipinski definition) is 1. The maximum absolute atomic E-state index is 11.7. The van der Waals surface area contributed by atoms with E-state index in [1.54, 1.807) is 0 Å². The van der Waals surface area contributed by atoms with Gasteiger partial charge in [-0.3, -0.25) is 4.79 Å². The van der Waals surface area contributed by atoms with Crippen molar-refractivity contribution in [3.8, 4) is 0 Å². The Bertz CT molecular complexity index is 477. The lowest BCUT2D eigenvalue weighted by atomic mass is 10.1. The number of benzene rings is 1. The fraction of sp³-hybridized carbons (Fsp3) is 0.333. The molecule has 0 radical (unpaired) electrons. The summed E-state index contributed by atoms with van der Waals surface area (Å²) in [4.78, 5) is 14.1. The summed E-state index contributed by atoms with van der Waals surface area (Å²) in [6.45, 7) is 5.71. The Kier molecular flexibility index (Phi) is 5.70. The molecular formula is C15H20N2OS. The molecule has 0 aromatic heterocycles. The summed E-state index contributed by atoms with van der Waals surface area (Å²) in [7, 11) is 3.97. The average molecular weight is 276 g/mol. The first-order valence-corrected chi connectivity index (χ1v) is 6.67. The third-order valence-corrected chi connectivity index (χ3v) is 3.08. The molecule has 0 aliphatic heterocycles. The van der Waals surface area contributed by atoms with Crippen LogP contribution in [-0.2, 0) is 4.79 Å². The average Bonchev–Trinajstić information content (AvgIpc) is 2.38. The van der Waals surface area contributed by atoms with Crippen molar-refractivity contribution in [1.29, 1.82) is 0 Å². The molecule has 0 amide bonds. The highest BCUT2D eigenvalue weighted by atomic mass is 32.1. The minimum Gasteiger partial charge on any atom is -0.378 e. The van der Waals surface area contributed by atoms with Gasteiger partial charge in [0.15, 0.2) is 5.78 Å². The van der Waals surface area contributed by atoms with E-state index in [1.807, 2.05) is 50.2 Å². The Morgan fingerprint density at radius 3 is 2.37 bits per heavy atom. The van der Waals surface area contributed by atoms with Crippen molar-refractivity contribution in [1.82, 2.24) is 0 Å². The minimum absolute atomic E-state index is 0.00455. The molecule has 0 saturated heterocycles. The summed E-state index contributed by atoms with van der Waals surface area (Å²) >= 11 is 5.19. The minimum atomic E-state index is 0.00455. The number of nitrogens with zero attached hydrogens (tertiary/aromatic N) is 1. The first kappa shape index (κ1) is 15.4. The van der Waals surface area contributed by atoms with Crippen molar-refractivity contribution in [2.75, 3.05) is 24.3 Å². The van der Waals surface area contributed by atoms with Gasteiger partial charge < -0.3 is 10.2 Å². The molecule has 0 atom stereocenters. The number of ketones is 1. The molecule has 0 unspecified atom stereocenters. The zero-order valence-electron chi connectivity index (χ0n) is 11.7. The van der Waals surface area contributed by atoms with Crippen LogP contribution in [0.25, 0.3) is 0 Å². The largest absolute Gasteiger partial charge is 0.378 e. The van der Waals surface area contributed by atoms with Gasteiger partial charge in [-0.25, -0.2) is 0 Å². The normalized spacial score (nSPS) is 9.84. The molecule has 0 aliphatic rings. The van der Waals surface area contributed by atoms with E-state index in [4.69, 9.17) is 12.2 Å². The van der Waals surface area contributed by atoms with Crippen molar-refractivity contribution in [3.05, 3.63) is 36.4 Å². The van der Waals surface area contributed by atoms with Crippen LogP contribution >= 0.6 is 12.2 Å². The molecule has 19 heavy (non-hydrogen) atoms. The monoisotopic (exact) mass is 276 g/mol. The lowest BCUT2D eigenvalue weighted by Crippen LogP contribution is -2.17. The topological polar surface area (TPSA) is 32.3 Å². The fourth-order valence-corrected chi connectivity index (χ4v) is 1.79. The third kappa shape index (κ3) is 4.48. The van der Waals surface area contributed by atoms with E-state index >= 15 is 0 Å². The van der Waals surface area contributed by atoms with E-state index in [0.29, 0.717) is 17.0 Å². The Morgan fingerprint density at radius 2 is 1.89 bits per heavy atom. The molecule has 1 aromatic carbocycles. The van der Waals surface area contributed by atoms with Crippen LogP contribution in [-0.4, -0.2) is 24.9 Å². The Balaban J connectivity index is 2.66. The van der Waals surface area contributed by atoms with Gasteiger partial charge in [0.25, 0.3) is 0 Å². The standard InChI is InChI=1S/C15H20N2OS/c1-5-6-14(18)11(2)15(19)16-12-7-9-13(10-8-12)17(3)4/h7-10H,2,5-6H2,1,3-4H3,(H,16,19). The van der Waals surface area contributed by atoms with Crippen LogP contribution in [0.4, 0.5) is 11.4 Å². The number of nitrogens with one attached hydrogen (secondary N) is 1. The van der Waals surface area contributed by atoms with Crippen molar-refractivity contribution >= 4 is 34.4 Å². The van der Waals surface area contributed by atoms with E-state index < -0.39 is 0 Å². The molecular weight excluding hydrogens is 256 g/mol. The molecule has 1 N–H and O–H groups in total. The number of anilines is 2. The van der Waals surface area contributed by atoms with Crippen molar-refractivity contribution in [2.45, 2.75) is 19.8 Å². The van der Waals surface area contributed by atoms with Crippen molar-refractivity contribution in [3.63, 3.8) is 0 Å². The van der Waals surface area contributed by atoms with Crippen LogP contribution < -0.4 is 10.2 Å². The Labute approximate surface area is 120 Å². The van der Waals surface area contributed by atoms with E-state index in [2.05, 4.69) is 11.9 Å². The van der Waals surface area contributed by atoms with Gasteiger partial charge in [0.05, 0.1) is 0 Å². The number of rotatable bonds is 6. The molecule has 0 heterocycles. The Hall–Kier alpha value is -1.68. The van der Waals surface area contributed by atoms with Gasteiger partial charge in [-0.2, -0.15) is 0 Å². The second-order valence-electron chi connectivity index (χ2n) is 4.55. The molecule has 0 saturated carbocycles. The molecule has 0 fully saturated rings. The second-order valence-corrected chi connectivity index (χ2v) is 4.96. The van der Waals surface area contributed by atoms with Crippen molar-refractivity contribution in [2.24, 2.45) is 0 Å². The Morgan fingerprint density at radius 1 is 1.32 bits per heavy atom. The van der Waals surface area contributed by atoms with Gasteiger partial charge in [0, 0.05) is 37.5 Å². The van der Waals surface area contributed by atoms with Crippen LogP contribution in [0.1, 0.15) is 19.8 Å². The molecule has 0 aliphatic carbocycles. The first-order chi connectivity index (χ1) is 8.95. The lowest BCUT2D eigenvalue weighted by Gasteiger charge is -2.14. The summed E-state index contributed by atoms with van der Waals surface area (Å²) in [5.74, 6) is 0.00455. The number of hydrogen-bond acceptors (Lipinski definition) is 3. The highest BCUT2D eigenvalue weighted by molar-refractivity contribution is 7.81. The lowest BCUT2D eigenvalue weighted by molar-refractivity contribution is -0.115. The molecule has 0 bridgehead atoms. The van der Waals surface area contributed by atoms with Gasteiger partial charge in [0.2, 0.25) is 0 Å². The van der Waals surface area contributed by atoms with Crippen LogP contribution in [0.2, 0.25) is 0 Å². The maximum atomic E-state index is 11.7.